The Kier molecular flexibility index (Phi) is 5.36. The Morgan fingerprint density at radius 3 is 2.26 bits per heavy atom. The summed E-state index contributed by atoms with van der Waals surface area (Å²) in [6.45, 7) is 5.90. The Morgan fingerprint density at radius 1 is 1.04 bits per heavy atom. The molecule has 0 heterocycles. The third-order valence-corrected chi connectivity index (χ3v) is 4.60. The molecular weight excluding hydrogens is 323 g/mol. The van der Waals surface area contributed by atoms with Crippen LogP contribution in [0.2, 0.25) is 0 Å². The summed E-state index contributed by atoms with van der Waals surface area (Å²) < 4.78 is 39.5. The minimum absolute atomic E-state index is 0.0448. The number of rotatable bonds is 4. The van der Waals surface area contributed by atoms with Crippen LogP contribution in [-0.2, 0) is 4.79 Å². The highest BCUT2D eigenvalue weighted by Gasteiger charge is 2.15. The molecule has 0 aliphatic heterocycles. The zero-order valence-corrected chi connectivity index (χ0v) is 13.8. The Hall–Kier alpha value is -1.95. The number of benzene rings is 2. The molecule has 122 valence electrons. The van der Waals surface area contributed by atoms with Gasteiger partial charge in [0.15, 0.2) is 17.5 Å². The van der Waals surface area contributed by atoms with Crippen LogP contribution in [-0.4, -0.2) is 11.7 Å². The van der Waals surface area contributed by atoms with E-state index in [-0.39, 0.29) is 11.4 Å². The average Bonchev–Trinajstić information content (AvgIpc) is 2.47. The quantitative estimate of drug-likeness (QED) is 0.643. The van der Waals surface area contributed by atoms with Crippen LogP contribution in [0.1, 0.15) is 16.7 Å². The second kappa shape index (κ2) is 7.08. The minimum atomic E-state index is -1.60. The normalized spacial score (nSPS) is 10.7. The molecule has 2 nitrogen and oxygen atoms in total. The molecule has 6 heteroatoms. The summed E-state index contributed by atoms with van der Waals surface area (Å²) in [5, 5.41) is 2.26. The van der Waals surface area contributed by atoms with Crippen LogP contribution < -0.4 is 5.32 Å². The molecule has 0 saturated carbocycles. The van der Waals surface area contributed by atoms with Gasteiger partial charge in [-0.1, -0.05) is 17.7 Å². The van der Waals surface area contributed by atoms with Gasteiger partial charge in [0.2, 0.25) is 5.91 Å². The second-order valence-electron chi connectivity index (χ2n) is 5.29. The largest absolute Gasteiger partial charge is 0.323 e. The van der Waals surface area contributed by atoms with Gasteiger partial charge in [-0.25, -0.2) is 13.2 Å². The molecule has 2 rings (SSSR count). The number of halogens is 3. The number of thioether (sulfide) groups is 1. The molecular formula is C17H16F3NOS. The zero-order chi connectivity index (χ0) is 17.1. The van der Waals surface area contributed by atoms with Crippen LogP contribution >= 0.6 is 11.8 Å². The van der Waals surface area contributed by atoms with Gasteiger partial charge in [-0.05, 0) is 44.0 Å². The van der Waals surface area contributed by atoms with Crippen molar-refractivity contribution in [2.24, 2.45) is 0 Å². The summed E-state index contributed by atoms with van der Waals surface area (Å²) in [4.78, 5) is 12.9. The van der Waals surface area contributed by atoms with Gasteiger partial charge in [-0.15, -0.1) is 11.8 Å². The first-order valence-corrected chi connectivity index (χ1v) is 7.92. The second-order valence-corrected chi connectivity index (χ2v) is 6.27. The number of aryl methyl sites for hydroxylation is 3. The van der Waals surface area contributed by atoms with Crippen LogP contribution in [0.4, 0.5) is 18.9 Å². The van der Waals surface area contributed by atoms with Crippen LogP contribution in [0.5, 0.6) is 0 Å². The molecule has 0 aliphatic rings. The van der Waals surface area contributed by atoms with Crippen LogP contribution in [0.15, 0.2) is 29.2 Å². The monoisotopic (exact) mass is 339 g/mol. The van der Waals surface area contributed by atoms with E-state index in [1.54, 1.807) is 0 Å². The Balaban J connectivity index is 2.06. The first-order chi connectivity index (χ1) is 10.8. The maximum absolute atomic E-state index is 13.5. The minimum Gasteiger partial charge on any atom is -0.323 e. The number of amides is 1. The van der Waals surface area contributed by atoms with Crippen LogP contribution in [0.25, 0.3) is 0 Å². The van der Waals surface area contributed by atoms with Crippen LogP contribution in [0, 0.1) is 38.2 Å². The number of carbonyl (C=O) groups is 1. The molecule has 23 heavy (non-hydrogen) atoms. The lowest BCUT2D eigenvalue weighted by Crippen LogP contribution is -2.16. The third-order valence-electron chi connectivity index (χ3n) is 3.26. The molecule has 0 aliphatic carbocycles. The summed E-state index contributed by atoms with van der Waals surface area (Å²) in [5.74, 6) is -4.73. The van der Waals surface area contributed by atoms with Gasteiger partial charge < -0.3 is 5.32 Å². The standard InChI is InChI=1S/C17H16F3NOS/c1-9-6-10(2)17(11(3)7-9)23-8-14(22)21-13-5-4-12(18)15(19)16(13)20/h4-7H,8H2,1-3H3,(H,21,22). The van der Waals surface area contributed by atoms with Crippen molar-refractivity contribution < 1.29 is 18.0 Å². The Morgan fingerprint density at radius 2 is 1.65 bits per heavy atom. The van der Waals surface area contributed by atoms with Gasteiger partial charge in [-0.2, -0.15) is 0 Å². The maximum Gasteiger partial charge on any atom is 0.234 e. The van der Waals surface area contributed by atoms with E-state index in [1.807, 2.05) is 32.9 Å². The van der Waals surface area contributed by atoms with Crippen molar-refractivity contribution in [1.29, 1.82) is 0 Å². The molecule has 2 aromatic rings. The molecule has 0 saturated heterocycles. The molecule has 0 unspecified atom stereocenters. The molecule has 0 atom stereocenters. The van der Waals surface area contributed by atoms with E-state index in [0.717, 1.165) is 33.7 Å². The van der Waals surface area contributed by atoms with E-state index >= 15 is 0 Å². The lowest BCUT2D eigenvalue weighted by Gasteiger charge is -2.11. The van der Waals surface area contributed by atoms with Crippen molar-refractivity contribution in [3.8, 4) is 0 Å². The zero-order valence-electron chi connectivity index (χ0n) is 13.0. The molecule has 0 bridgehead atoms. The lowest BCUT2D eigenvalue weighted by molar-refractivity contribution is -0.113. The molecule has 2 aromatic carbocycles. The first-order valence-electron chi connectivity index (χ1n) is 6.93. The van der Waals surface area contributed by atoms with E-state index in [2.05, 4.69) is 5.32 Å². The summed E-state index contributed by atoms with van der Waals surface area (Å²) >= 11 is 1.32. The number of carbonyl (C=O) groups excluding carboxylic acids is 1. The van der Waals surface area contributed by atoms with Crippen molar-refractivity contribution in [2.75, 3.05) is 11.1 Å². The van der Waals surface area contributed by atoms with Gasteiger partial charge in [0.05, 0.1) is 11.4 Å². The molecule has 0 fully saturated rings. The molecule has 1 N–H and O–H groups in total. The lowest BCUT2D eigenvalue weighted by atomic mass is 10.1. The number of anilines is 1. The summed E-state index contributed by atoms with van der Waals surface area (Å²) in [6, 6.07) is 5.80. The SMILES string of the molecule is Cc1cc(C)c(SCC(=O)Nc2ccc(F)c(F)c2F)c(C)c1. The van der Waals surface area contributed by atoms with E-state index in [0.29, 0.717) is 0 Å². The fourth-order valence-corrected chi connectivity index (χ4v) is 3.26. The summed E-state index contributed by atoms with van der Waals surface area (Å²) in [6.07, 6.45) is 0. The van der Waals surface area contributed by atoms with Crippen molar-refractivity contribution >= 4 is 23.4 Å². The van der Waals surface area contributed by atoms with Crippen molar-refractivity contribution in [2.45, 2.75) is 25.7 Å². The van der Waals surface area contributed by atoms with Crippen LogP contribution in [0.3, 0.4) is 0 Å². The molecule has 0 aromatic heterocycles. The number of hydrogen-bond donors (Lipinski definition) is 1. The topological polar surface area (TPSA) is 29.1 Å². The van der Waals surface area contributed by atoms with Crippen molar-refractivity contribution in [1.82, 2.24) is 0 Å². The summed E-state index contributed by atoms with van der Waals surface area (Å²) in [5.41, 5.74) is 2.88. The van der Waals surface area contributed by atoms with E-state index < -0.39 is 23.4 Å². The smallest absolute Gasteiger partial charge is 0.234 e. The van der Waals surface area contributed by atoms with E-state index in [9.17, 15) is 18.0 Å². The predicted molar refractivity (Wildman–Crippen MR) is 86.3 cm³/mol. The Bertz CT molecular complexity index is 739. The highest BCUT2D eigenvalue weighted by Crippen LogP contribution is 2.28. The van der Waals surface area contributed by atoms with Gasteiger partial charge >= 0.3 is 0 Å². The highest BCUT2D eigenvalue weighted by molar-refractivity contribution is 8.00. The highest BCUT2D eigenvalue weighted by atomic mass is 32.2. The molecule has 1 amide bonds. The van der Waals surface area contributed by atoms with Gasteiger partial charge in [-0.3, -0.25) is 4.79 Å². The first kappa shape index (κ1) is 17.4. The number of nitrogens with one attached hydrogen (secondary N) is 1. The Labute approximate surface area is 137 Å². The molecule has 0 radical (unpaired) electrons. The fourth-order valence-electron chi connectivity index (χ4n) is 2.34. The predicted octanol–water partition coefficient (Wildman–Crippen LogP) is 4.76. The van der Waals surface area contributed by atoms with Crippen molar-refractivity contribution in [3.05, 3.63) is 58.4 Å². The van der Waals surface area contributed by atoms with Crippen molar-refractivity contribution in [3.63, 3.8) is 0 Å². The molecule has 0 spiro atoms. The maximum atomic E-state index is 13.5. The summed E-state index contributed by atoms with van der Waals surface area (Å²) in [7, 11) is 0. The van der Waals surface area contributed by atoms with Gasteiger partial charge in [0.1, 0.15) is 0 Å². The van der Waals surface area contributed by atoms with Gasteiger partial charge in [0.25, 0.3) is 0 Å². The van der Waals surface area contributed by atoms with E-state index in [1.165, 1.54) is 11.8 Å². The average molecular weight is 339 g/mol. The van der Waals surface area contributed by atoms with Gasteiger partial charge in [0, 0.05) is 4.90 Å². The number of hydrogen-bond acceptors (Lipinski definition) is 2. The third kappa shape index (κ3) is 4.07. The fraction of sp³-hybridized carbons (Fsp3) is 0.235. The van der Waals surface area contributed by atoms with E-state index in [4.69, 9.17) is 0 Å².